The van der Waals surface area contributed by atoms with Gasteiger partial charge < -0.3 is 15.2 Å². The molecule has 0 fully saturated rings. The molecule has 132 valence electrons. The summed E-state index contributed by atoms with van der Waals surface area (Å²) in [7, 11) is 4.20. The Hall–Kier alpha value is -2.33. The van der Waals surface area contributed by atoms with E-state index >= 15 is 0 Å². The number of nitrogens with zero attached hydrogens (tertiary/aromatic N) is 1. The molecule has 1 aliphatic rings. The van der Waals surface area contributed by atoms with Gasteiger partial charge >= 0.3 is 0 Å². The van der Waals surface area contributed by atoms with Crippen LogP contribution < -0.4 is 5.32 Å². The van der Waals surface area contributed by atoms with E-state index in [1.165, 1.54) is 16.8 Å². The van der Waals surface area contributed by atoms with Gasteiger partial charge in [0.15, 0.2) is 0 Å². The first-order valence-corrected chi connectivity index (χ1v) is 8.83. The van der Waals surface area contributed by atoms with Crippen molar-refractivity contribution in [2.45, 2.75) is 33.6 Å². The van der Waals surface area contributed by atoms with Crippen molar-refractivity contribution < 1.29 is 4.79 Å². The molecule has 4 nitrogen and oxygen atoms in total. The Balaban J connectivity index is 1.92. The Morgan fingerprint density at radius 3 is 2.64 bits per heavy atom. The molecule has 2 heterocycles. The normalized spacial score (nSPS) is 15.1. The monoisotopic (exact) mass is 337 g/mol. The molecule has 4 heteroatoms. The second-order valence-corrected chi connectivity index (χ2v) is 7.24. The maximum Gasteiger partial charge on any atom is 0.256 e. The summed E-state index contributed by atoms with van der Waals surface area (Å²) in [5.74, 6) is -0.0265. The maximum absolute atomic E-state index is 12.4. The van der Waals surface area contributed by atoms with Crippen LogP contribution in [0, 0.1) is 20.8 Å². The first-order valence-electron chi connectivity index (χ1n) is 8.83. The number of fused-ring (bicyclic) bond motifs is 1. The first-order chi connectivity index (χ1) is 11.9. The van der Waals surface area contributed by atoms with Crippen molar-refractivity contribution >= 4 is 23.2 Å². The van der Waals surface area contributed by atoms with E-state index in [1.54, 1.807) is 0 Å². The Labute approximate surface area is 149 Å². The van der Waals surface area contributed by atoms with Crippen molar-refractivity contribution in [3.63, 3.8) is 0 Å². The lowest BCUT2D eigenvalue weighted by atomic mass is 10.0. The van der Waals surface area contributed by atoms with Gasteiger partial charge in [0.1, 0.15) is 0 Å². The minimum Gasteiger partial charge on any atom is -0.359 e. The molecule has 0 aliphatic carbocycles. The third-order valence-corrected chi connectivity index (χ3v) is 4.91. The topological polar surface area (TPSA) is 48.1 Å². The van der Waals surface area contributed by atoms with Crippen molar-refractivity contribution in [3.05, 3.63) is 51.8 Å². The highest BCUT2D eigenvalue weighted by Crippen LogP contribution is 2.34. The minimum absolute atomic E-state index is 0.0265. The maximum atomic E-state index is 12.4. The number of rotatable bonds is 5. The van der Waals surface area contributed by atoms with Crippen LogP contribution in [-0.4, -0.2) is 36.4 Å². The molecular weight excluding hydrogens is 310 g/mol. The first kappa shape index (κ1) is 17.5. The van der Waals surface area contributed by atoms with Gasteiger partial charge in [-0.1, -0.05) is 11.6 Å². The van der Waals surface area contributed by atoms with E-state index in [4.69, 9.17) is 0 Å². The number of amides is 1. The van der Waals surface area contributed by atoms with Crippen LogP contribution in [0.4, 0.5) is 5.69 Å². The molecule has 0 saturated carbocycles. The number of hydrogen-bond acceptors (Lipinski definition) is 2. The lowest BCUT2D eigenvalue weighted by Gasteiger charge is -2.09. The zero-order chi connectivity index (χ0) is 18.1. The number of anilines is 1. The average molecular weight is 337 g/mol. The Morgan fingerprint density at radius 1 is 1.16 bits per heavy atom. The third-order valence-electron chi connectivity index (χ3n) is 4.91. The van der Waals surface area contributed by atoms with Crippen LogP contribution in [0.1, 0.15) is 40.1 Å². The van der Waals surface area contributed by atoms with Crippen LogP contribution in [0.25, 0.3) is 11.6 Å². The molecular formula is C21H27N3O. The highest BCUT2D eigenvalue weighted by molar-refractivity contribution is 6.34. The van der Waals surface area contributed by atoms with Crippen LogP contribution in [-0.2, 0) is 11.2 Å². The molecule has 0 radical (unpaired) electrons. The second-order valence-electron chi connectivity index (χ2n) is 7.24. The largest absolute Gasteiger partial charge is 0.359 e. The van der Waals surface area contributed by atoms with Crippen molar-refractivity contribution in [3.8, 4) is 0 Å². The van der Waals surface area contributed by atoms with E-state index in [9.17, 15) is 4.79 Å². The molecule has 1 aromatic carbocycles. The van der Waals surface area contributed by atoms with Crippen LogP contribution in [0.2, 0.25) is 0 Å². The van der Waals surface area contributed by atoms with E-state index in [0.29, 0.717) is 0 Å². The molecule has 25 heavy (non-hydrogen) atoms. The Kier molecular flexibility index (Phi) is 4.82. The van der Waals surface area contributed by atoms with Gasteiger partial charge in [0.25, 0.3) is 5.91 Å². The fraction of sp³-hybridized carbons (Fsp3) is 0.381. The Bertz CT molecular complexity index is 843. The summed E-state index contributed by atoms with van der Waals surface area (Å²) >= 11 is 0. The fourth-order valence-corrected chi connectivity index (χ4v) is 3.50. The van der Waals surface area contributed by atoms with E-state index in [1.807, 2.05) is 25.1 Å². The number of hydrogen-bond donors (Lipinski definition) is 2. The summed E-state index contributed by atoms with van der Waals surface area (Å²) in [6.45, 7) is 7.39. The van der Waals surface area contributed by atoms with Gasteiger partial charge in [0.2, 0.25) is 0 Å². The standard InChI is InChI=1S/C21H27N3O/c1-13-8-9-19-17(11-13)18(21(25)23-19)12-20-14(2)16(15(3)22-20)7-6-10-24(4)5/h8-9,11-12,22H,6-7,10H2,1-5H3,(H,23,25). The van der Waals surface area contributed by atoms with E-state index < -0.39 is 0 Å². The average Bonchev–Trinajstić information content (AvgIpc) is 2.98. The van der Waals surface area contributed by atoms with Crippen LogP contribution in [0.15, 0.2) is 18.2 Å². The summed E-state index contributed by atoms with van der Waals surface area (Å²) in [5, 5.41) is 2.96. The van der Waals surface area contributed by atoms with Gasteiger partial charge in [-0.25, -0.2) is 0 Å². The molecule has 0 spiro atoms. The van der Waals surface area contributed by atoms with Crippen LogP contribution >= 0.6 is 0 Å². The van der Waals surface area contributed by atoms with Crippen molar-refractivity contribution in [2.24, 2.45) is 0 Å². The molecule has 2 aromatic rings. The molecule has 0 bridgehead atoms. The predicted molar refractivity (Wildman–Crippen MR) is 105 cm³/mol. The molecule has 3 rings (SSSR count). The molecule has 2 N–H and O–H groups in total. The zero-order valence-electron chi connectivity index (χ0n) is 15.8. The van der Waals surface area contributed by atoms with Gasteiger partial charge in [-0.2, -0.15) is 0 Å². The van der Waals surface area contributed by atoms with Crippen molar-refractivity contribution in [1.82, 2.24) is 9.88 Å². The van der Waals surface area contributed by atoms with E-state index in [0.717, 1.165) is 47.5 Å². The number of H-pyrrole nitrogens is 1. The summed E-state index contributed by atoms with van der Waals surface area (Å²) < 4.78 is 0. The van der Waals surface area contributed by atoms with Crippen LogP contribution in [0.3, 0.4) is 0 Å². The number of aryl methyl sites for hydroxylation is 2. The lowest BCUT2D eigenvalue weighted by molar-refractivity contribution is -0.110. The second kappa shape index (κ2) is 6.89. The van der Waals surface area contributed by atoms with Crippen LogP contribution in [0.5, 0.6) is 0 Å². The van der Waals surface area contributed by atoms with Gasteiger partial charge in [-0.05, 0) is 83.6 Å². The lowest BCUT2D eigenvalue weighted by Crippen LogP contribution is -2.13. The van der Waals surface area contributed by atoms with E-state index in [-0.39, 0.29) is 5.91 Å². The van der Waals surface area contributed by atoms with Gasteiger partial charge in [-0.15, -0.1) is 0 Å². The molecule has 0 unspecified atom stereocenters. The van der Waals surface area contributed by atoms with Crippen molar-refractivity contribution in [2.75, 3.05) is 26.0 Å². The third kappa shape index (κ3) is 3.54. The molecule has 1 amide bonds. The SMILES string of the molecule is Cc1ccc2c(c1)C(=Cc1[nH]c(C)c(CCCN(C)C)c1C)C(=O)N2. The number of aromatic amines is 1. The summed E-state index contributed by atoms with van der Waals surface area (Å²) in [6.07, 6.45) is 4.18. The molecule has 1 aromatic heterocycles. The molecule has 0 saturated heterocycles. The summed E-state index contributed by atoms with van der Waals surface area (Å²) in [4.78, 5) is 18.1. The quantitative estimate of drug-likeness (QED) is 0.812. The highest BCUT2D eigenvalue weighted by atomic mass is 16.2. The summed E-state index contributed by atoms with van der Waals surface area (Å²) in [6, 6.07) is 6.07. The number of carbonyl (C=O) groups excluding carboxylic acids is 1. The summed E-state index contributed by atoms with van der Waals surface area (Å²) in [5.41, 5.74) is 8.64. The van der Waals surface area contributed by atoms with E-state index in [2.05, 4.69) is 49.2 Å². The minimum atomic E-state index is -0.0265. The number of benzene rings is 1. The number of nitrogens with one attached hydrogen (secondary N) is 2. The zero-order valence-corrected chi connectivity index (χ0v) is 15.8. The Morgan fingerprint density at radius 2 is 1.92 bits per heavy atom. The van der Waals surface area contributed by atoms with Gasteiger partial charge in [0, 0.05) is 22.6 Å². The smallest absolute Gasteiger partial charge is 0.256 e. The molecule has 1 aliphatic heterocycles. The number of carbonyl (C=O) groups is 1. The highest BCUT2D eigenvalue weighted by Gasteiger charge is 2.24. The molecule has 0 atom stereocenters. The number of aromatic nitrogens is 1. The van der Waals surface area contributed by atoms with Gasteiger partial charge in [0.05, 0.1) is 5.57 Å². The predicted octanol–water partition coefficient (Wildman–Crippen LogP) is 3.93. The van der Waals surface area contributed by atoms with Gasteiger partial charge in [-0.3, -0.25) is 4.79 Å². The fourth-order valence-electron chi connectivity index (χ4n) is 3.50. The van der Waals surface area contributed by atoms with Crippen molar-refractivity contribution in [1.29, 1.82) is 0 Å².